The van der Waals surface area contributed by atoms with Crippen molar-refractivity contribution in [3.05, 3.63) is 35.9 Å². The van der Waals surface area contributed by atoms with E-state index in [1.54, 1.807) is 0 Å². The zero-order valence-electron chi connectivity index (χ0n) is 12.8. The number of hydrogen-bond donors (Lipinski definition) is 1. The van der Waals surface area contributed by atoms with Crippen LogP contribution in [-0.2, 0) is 20.7 Å². The molecule has 0 saturated carbocycles. The third-order valence-electron chi connectivity index (χ3n) is 3.17. The molecule has 1 atom stereocenters. The summed E-state index contributed by atoms with van der Waals surface area (Å²) in [5.41, 5.74) is 1.22. The summed E-state index contributed by atoms with van der Waals surface area (Å²) in [6.45, 7) is 2.67. The zero-order valence-corrected chi connectivity index (χ0v) is 12.8. The summed E-state index contributed by atoms with van der Waals surface area (Å²) in [7, 11) is 0. The zero-order chi connectivity index (χ0) is 15.3. The smallest absolute Gasteiger partial charge is 0.305 e. The summed E-state index contributed by atoms with van der Waals surface area (Å²) in [5.74, 6) is -0.233. The SMILES string of the molecule is CCCCOC(CO)COC(=O)CCCc1ccccc1. The first-order chi connectivity index (χ1) is 10.3. The molecule has 1 N–H and O–H groups in total. The van der Waals surface area contributed by atoms with Gasteiger partial charge < -0.3 is 14.6 Å². The fourth-order valence-electron chi connectivity index (χ4n) is 1.89. The quantitative estimate of drug-likeness (QED) is 0.503. The lowest BCUT2D eigenvalue weighted by molar-refractivity contribution is -0.149. The molecular weight excluding hydrogens is 268 g/mol. The molecule has 0 amide bonds. The fraction of sp³-hybridized carbons (Fsp3) is 0.588. The Morgan fingerprint density at radius 2 is 2.00 bits per heavy atom. The lowest BCUT2D eigenvalue weighted by Crippen LogP contribution is -2.26. The van der Waals surface area contributed by atoms with Crippen molar-refractivity contribution in [1.29, 1.82) is 0 Å². The molecule has 1 aromatic carbocycles. The van der Waals surface area contributed by atoms with Gasteiger partial charge in [-0.25, -0.2) is 0 Å². The molecule has 118 valence electrons. The number of carbonyl (C=O) groups excluding carboxylic acids is 1. The van der Waals surface area contributed by atoms with Gasteiger partial charge in [-0.15, -0.1) is 0 Å². The van der Waals surface area contributed by atoms with Crippen molar-refractivity contribution in [3.8, 4) is 0 Å². The van der Waals surface area contributed by atoms with Gasteiger partial charge in [-0.05, 0) is 24.8 Å². The van der Waals surface area contributed by atoms with Crippen LogP contribution in [0, 0.1) is 0 Å². The number of benzene rings is 1. The molecule has 1 aromatic rings. The number of ether oxygens (including phenoxy) is 2. The average Bonchev–Trinajstić information content (AvgIpc) is 2.52. The predicted octanol–water partition coefficient (Wildman–Crippen LogP) is 2.73. The van der Waals surface area contributed by atoms with E-state index in [2.05, 4.69) is 19.1 Å². The minimum absolute atomic E-state index is 0.124. The van der Waals surface area contributed by atoms with Crippen molar-refractivity contribution in [3.63, 3.8) is 0 Å². The molecule has 21 heavy (non-hydrogen) atoms. The van der Waals surface area contributed by atoms with Crippen molar-refractivity contribution in [1.82, 2.24) is 0 Å². The van der Waals surface area contributed by atoms with Crippen LogP contribution >= 0.6 is 0 Å². The molecule has 0 aliphatic rings. The van der Waals surface area contributed by atoms with Crippen LogP contribution in [0.1, 0.15) is 38.2 Å². The van der Waals surface area contributed by atoms with Gasteiger partial charge in [0, 0.05) is 13.0 Å². The Kier molecular flexibility index (Phi) is 9.49. The maximum Gasteiger partial charge on any atom is 0.305 e. The Balaban J connectivity index is 2.12. The summed E-state index contributed by atoms with van der Waals surface area (Å²) >= 11 is 0. The van der Waals surface area contributed by atoms with Crippen LogP contribution in [0.4, 0.5) is 0 Å². The van der Waals surface area contributed by atoms with Crippen LogP contribution in [-0.4, -0.2) is 37.0 Å². The number of aliphatic hydroxyl groups excluding tert-OH is 1. The molecule has 4 heteroatoms. The molecule has 0 fully saturated rings. The molecule has 0 aliphatic carbocycles. The average molecular weight is 294 g/mol. The van der Waals surface area contributed by atoms with Gasteiger partial charge in [0.05, 0.1) is 6.61 Å². The highest BCUT2D eigenvalue weighted by molar-refractivity contribution is 5.69. The van der Waals surface area contributed by atoms with Crippen molar-refractivity contribution >= 4 is 5.97 Å². The Hall–Kier alpha value is -1.39. The van der Waals surface area contributed by atoms with Gasteiger partial charge >= 0.3 is 5.97 Å². The number of hydrogen-bond acceptors (Lipinski definition) is 4. The largest absolute Gasteiger partial charge is 0.463 e. The Labute approximate surface area is 127 Å². The monoisotopic (exact) mass is 294 g/mol. The van der Waals surface area contributed by atoms with E-state index in [9.17, 15) is 4.79 Å². The highest BCUT2D eigenvalue weighted by Gasteiger charge is 2.11. The van der Waals surface area contributed by atoms with Crippen LogP contribution in [0.15, 0.2) is 30.3 Å². The van der Waals surface area contributed by atoms with Gasteiger partial charge in [0.2, 0.25) is 0 Å². The topological polar surface area (TPSA) is 55.8 Å². The van der Waals surface area contributed by atoms with Crippen LogP contribution in [0.25, 0.3) is 0 Å². The maximum absolute atomic E-state index is 11.6. The van der Waals surface area contributed by atoms with Crippen LogP contribution in [0.3, 0.4) is 0 Å². The number of esters is 1. The summed E-state index contributed by atoms with van der Waals surface area (Å²) in [4.78, 5) is 11.6. The molecule has 0 saturated heterocycles. The van der Waals surface area contributed by atoms with Gasteiger partial charge in [0.1, 0.15) is 12.7 Å². The van der Waals surface area contributed by atoms with Gasteiger partial charge in [-0.1, -0.05) is 43.7 Å². The first kappa shape index (κ1) is 17.7. The fourth-order valence-corrected chi connectivity index (χ4v) is 1.89. The first-order valence-electron chi connectivity index (χ1n) is 7.68. The summed E-state index contributed by atoms with van der Waals surface area (Å²) in [5, 5.41) is 9.15. The van der Waals surface area contributed by atoms with Crippen molar-refractivity contribution in [2.45, 2.75) is 45.1 Å². The van der Waals surface area contributed by atoms with Gasteiger partial charge in [0.25, 0.3) is 0 Å². The lowest BCUT2D eigenvalue weighted by Gasteiger charge is -2.15. The van der Waals surface area contributed by atoms with Crippen LogP contribution in [0.5, 0.6) is 0 Å². The normalized spacial score (nSPS) is 12.1. The minimum atomic E-state index is -0.408. The predicted molar refractivity (Wildman–Crippen MR) is 82.1 cm³/mol. The highest BCUT2D eigenvalue weighted by Crippen LogP contribution is 2.06. The Morgan fingerprint density at radius 3 is 2.67 bits per heavy atom. The van der Waals surface area contributed by atoms with E-state index < -0.39 is 6.10 Å². The molecule has 4 nitrogen and oxygen atoms in total. The maximum atomic E-state index is 11.6. The second-order valence-electron chi connectivity index (χ2n) is 5.05. The standard InChI is InChI=1S/C17H26O4/c1-2-3-12-20-16(13-18)14-21-17(19)11-7-10-15-8-5-4-6-9-15/h4-6,8-9,16,18H,2-3,7,10-14H2,1H3. The highest BCUT2D eigenvalue weighted by atomic mass is 16.6. The minimum Gasteiger partial charge on any atom is -0.463 e. The van der Waals surface area contributed by atoms with Gasteiger partial charge in [-0.3, -0.25) is 4.79 Å². The second-order valence-corrected chi connectivity index (χ2v) is 5.05. The number of aryl methyl sites for hydroxylation is 1. The van der Waals surface area contributed by atoms with Gasteiger partial charge in [0.15, 0.2) is 0 Å². The molecule has 1 unspecified atom stereocenters. The van der Waals surface area contributed by atoms with E-state index in [0.29, 0.717) is 13.0 Å². The van der Waals surface area contributed by atoms with E-state index in [1.165, 1.54) is 5.56 Å². The van der Waals surface area contributed by atoms with Crippen molar-refractivity contribution in [2.75, 3.05) is 19.8 Å². The third kappa shape index (κ3) is 8.48. The molecule has 1 rings (SSSR count). The molecular formula is C17H26O4. The Morgan fingerprint density at radius 1 is 1.24 bits per heavy atom. The van der Waals surface area contributed by atoms with E-state index in [4.69, 9.17) is 14.6 Å². The first-order valence-corrected chi connectivity index (χ1v) is 7.68. The molecule has 0 radical (unpaired) electrons. The lowest BCUT2D eigenvalue weighted by atomic mass is 10.1. The molecule has 0 aliphatic heterocycles. The van der Waals surface area contributed by atoms with Crippen LogP contribution in [0.2, 0.25) is 0 Å². The molecule has 0 bridgehead atoms. The van der Waals surface area contributed by atoms with Crippen LogP contribution < -0.4 is 0 Å². The number of aliphatic hydroxyl groups is 1. The summed E-state index contributed by atoms with van der Waals surface area (Å²) in [6.07, 6.45) is 3.60. The van der Waals surface area contributed by atoms with Gasteiger partial charge in [-0.2, -0.15) is 0 Å². The van der Waals surface area contributed by atoms with Crippen molar-refractivity contribution < 1.29 is 19.4 Å². The van der Waals surface area contributed by atoms with E-state index in [0.717, 1.165) is 25.7 Å². The van der Waals surface area contributed by atoms with E-state index in [1.807, 2.05) is 18.2 Å². The number of rotatable bonds is 11. The Bertz CT molecular complexity index is 378. The number of carbonyl (C=O) groups is 1. The van der Waals surface area contributed by atoms with E-state index >= 15 is 0 Å². The number of unbranched alkanes of at least 4 members (excludes halogenated alkanes) is 1. The summed E-state index contributed by atoms with van der Waals surface area (Å²) in [6, 6.07) is 10.1. The third-order valence-corrected chi connectivity index (χ3v) is 3.17. The molecule has 0 heterocycles. The second kappa shape index (κ2) is 11.3. The molecule has 0 aromatic heterocycles. The summed E-state index contributed by atoms with van der Waals surface area (Å²) < 4.78 is 10.6. The molecule has 0 spiro atoms. The van der Waals surface area contributed by atoms with E-state index in [-0.39, 0.29) is 19.2 Å². The van der Waals surface area contributed by atoms with Crippen molar-refractivity contribution in [2.24, 2.45) is 0 Å².